The van der Waals surface area contributed by atoms with E-state index < -0.39 is 56.2 Å². The average Bonchev–Trinajstić information content (AvgIpc) is 2.05. The zero-order valence-corrected chi connectivity index (χ0v) is 9.23. The molecular formula is C6F10S2. The summed E-state index contributed by atoms with van der Waals surface area (Å²) in [5, 5.41) is -10.6. The second-order valence-corrected chi connectivity index (χ2v) is 5.14. The third-order valence-electron chi connectivity index (χ3n) is 1.52. The van der Waals surface area contributed by atoms with Gasteiger partial charge in [0.1, 0.15) is 9.81 Å². The first-order chi connectivity index (χ1) is 7.68. The zero-order chi connectivity index (χ0) is 14.6. The smallest absolute Gasteiger partial charge is 0.186 e. The Bertz CT molecular complexity index is 339. The molecule has 1 aliphatic rings. The van der Waals surface area contributed by atoms with E-state index in [1.54, 1.807) is 0 Å². The van der Waals surface area contributed by atoms with Crippen LogP contribution in [-0.2, 0) is 0 Å². The molecule has 0 unspecified atom stereocenters. The van der Waals surface area contributed by atoms with Gasteiger partial charge in [-0.1, -0.05) is 0 Å². The van der Waals surface area contributed by atoms with E-state index in [9.17, 15) is 43.9 Å². The maximum atomic E-state index is 12.6. The summed E-state index contributed by atoms with van der Waals surface area (Å²) in [6.45, 7) is 0. The van der Waals surface area contributed by atoms with Gasteiger partial charge in [-0.2, -0.15) is 43.9 Å². The molecule has 12 heteroatoms. The fraction of sp³-hybridized carbons (Fsp3) is 0.667. The second-order valence-electron chi connectivity index (χ2n) is 2.89. The molecule has 1 rings (SSSR count). The number of rotatable bonds is 0. The molecule has 0 aromatic carbocycles. The molecule has 0 aromatic heterocycles. The predicted octanol–water partition coefficient (Wildman–Crippen LogP) is 4.99. The molecular weight excluding hydrogens is 326 g/mol. The van der Waals surface area contributed by atoms with E-state index in [-0.39, 0.29) is 0 Å². The summed E-state index contributed by atoms with van der Waals surface area (Å²) in [5.41, 5.74) is 0. The molecule has 0 radical (unpaired) electrons. The quantitative estimate of drug-likeness (QED) is 0.575. The Hall–Kier alpha value is -0.260. The maximum Gasteiger partial charge on any atom is 0.423 e. The van der Waals surface area contributed by atoms with E-state index in [0.717, 1.165) is 0 Å². The molecule has 0 aromatic rings. The van der Waals surface area contributed by atoms with Gasteiger partial charge < -0.3 is 0 Å². The van der Waals surface area contributed by atoms with Crippen LogP contribution >= 0.6 is 23.5 Å². The minimum atomic E-state index is -5.79. The largest absolute Gasteiger partial charge is 0.423 e. The predicted molar refractivity (Wildman–Crippen MR) is 44.2 cm³/mol. The van der Waals surface area contributed by atoms with Crippen LogP contribution in [-0.4, -0.2) is 22.9 Å². The van der Waals surface area contributed by atoms with E-state index in [2.05, 4.69) is 0 Å². The van der Waals surface area contributed by atoms with Crippen molar-refractivity contribution in [2.45, 2.75) is 22.9 Å². The van der Waals surface area contributed by atoms with E-state index in [0.29, 0.717) is 0 Å². The summed E-state index contributed by atoms with van der Waals surface area (Å²) in [5.74, 6) is 0. The van der Waals surface area contributed by atoms with Crippen LogP contribution in [0.3, 0.4) is 0 Å². The van der Waals surface area contributed by atoms with Crippen LogP contribution in [0.15, 0.2) is 9.81 Å². The van der Waals surface area contributed by atoms with Gasteiger partial charge in [-0.3, -0.25) is 0 Å². The summed E-state index contributed by atoms with van der Waals surface area (Å²) in [6, 6.07) is 0. The molecule has 0 fully saturated rings. The number of allylic oxidation sites excluding steroid dienone is 2. The Kier molecular flexibility index (Phi) is 3.61. The molecule has 18 heavy (non-hydrogen) atoms. The number of hydrogen-bond acceptors (Lipinski definition) is 2. The van der Waals surface area contributed by atoms with Crippen LogP contribution < -0.4 is 0 Å². The highest BCUT2D eigenvalue weighted by atomic mass is 32.2. The first-order valence-electron chi connectivity index (χ1n) is 3.71. The number of thioether (sulfide) groups is 2. The molecule has 0 nitrogen and oxygen atoms in total. The first-order valence-corrected chi connectivity index (χ1v) is 5.34. The summed E-state index contributed by atoms with van der Waals surface area (Å²) in [6.07, 6.45) is -11.6. The van der Waals surface area contributed by atoms with Crippen molar-refractivity contribution in [3.8, 4) is 0 Å². The van der Waals surface area contributed by atoms with E-state index >= 15 is 0 Å². The van der Waals surface area contributed by atoms with E-state index in [4.69, 9.17) is 0 Å². The molecule has 0 N–H and O–H groups in total. The molecule has 106 valence electrons. The Morgan fingerprint density at radius 1 is 0.611 bits per heavy atom. The van der Waals surface area contributed by atoms with Gasteiger partial charge in [-0.25, -0.2) is 0 Å². The summed E-state index contributed by atoms with van der Waals surface area (Å²) in [7, 11) is 0. The Balaban J connectivity index is 3.41. The van der Waals surface area contributed by atoms with Crippen molar-refractivity contribution in [3.05, 3.63) is 9.81 Å². The Labute approximate surface area is 101 Å². The van der Waals surface area contributed by atoms with E-state index in [1.165, 1.54) is 0 Å². The lowest BCUT2D eigenvalue weighted by Crippen LogP contribution is -2.40. The van der Waals surface area contributed by atoms with Gasteiger partial charge in [0.15, 0.2) is 0 Å². The third kappa shape index (κ3) is 2.83. The fourth-order valence-electron chi connectivity index (χ4n) is 0.841. The van der Waals surface area contributed by atoms with Crippen LogP contribution in [0, 0.1) is 0 Å². The molecule has 0 saturated carbocycles. The highest BCUT2D eigenvalue weighted by Gasteiger charge is 2.67. The highest BCUT2D eigenvalue weighted by molar-refractivity contribution is 8.11. The number of alkyl halides is 10. The second kappa shape index (κ2) is 4.12. The van der Waals surface area contributed by atoms with Crippen LogP contribution in [0.25, 0.3) is 0 Å². The van der Waals surface area contributed by atoms with Crippen molar-refractivity contribution in [1.82, 2.24) is 0 Å². The van der Waals surface area contributed by atoms with E-state index in [1.807, 2.05) is 0 Å². The minimum Gasteiger partial charge on any atom is -0.186 e. The van der Waals surface area contributed by atoms with Gasteiger partial charge in [-0.05, 0) is 23.5 Å². The molecule has 0 amide bonds. The standard InChI is InChI=1S/C6F10S2/c7-3(8,9)1-2(4(10,11)12)18-6(15,16)5(13,14)17-1. The summed E-state index contributed by atoms with van der Waals surface area (Å²) >= 11 is -3.66. The van der Waals surface area contributed by atoms with Gasteiger partial charge in [0.05, 0.1) is 0 Å². The topological polar surface area (TPSA) is 0 Å². The zero-order valence-electron chi connectivity index (χ0n) is 7.60. The lowest BCUT2D eigenvalue weighted by atomic mass is 10.4. The van der Waals surface area contributed by atoms with Crippen LogP contribution in [0.5, 0.6) is 0 Å². The molecule has 0 atom stereocenters. The number of halogens is 10. The number of hydrogen-bond donors (Lipinski definition) is 0. The lowest BCUT2D eigenvalue weighted by Gasteiger charge is -2.33. The monoisotopic (exact) mass is 326 g/mol. The average molecular weight is 326 g/mol. The third-order valence-corrected chi connectivity index (χ3v) is 4.08. The van der Waals surface area contributed by atoms with Crippen LogP contribution in [0.1, 0.15) is 0 Å². The molecule has 0 spiro atoms. The molecule has 0 aliphatic carbocycles. The van der Waals surface area contributed by atoms with Crippen molar-refractivity contribution >= 4 is 23.5 Å². The van der Waals surface area contributed by atoms with Crippen molar-refractivity contribution < 1.29 is 43.9 Å². The SMILES string of the molecule is FC(F)(F)C1=C(C(F)(F)F)SC(F)(F)C(F)(F)S1. The summed E-state index contributed by atoms with van der Waals surface area (Å²) in [4.78, 5) is -5.54. The van der Waals surface area contributed by atoms with Crippen LogP contribution in [0.4, 0.5) is 43.9 Å². The Morgan fingerprint density at radius 3 is 1.00 bits per heavy atom. The molecule has 0 saturated heterocycles. The van der Waals surface area contributed by atoms with Crippen molar-refractivity contribution in [3.63, 3.8) is 0 Å². The molecule has 0 bridgehead atoms. The van der Waals surface area contributed by atoms with Gasteiger partial charge in [-0.15, -0.1) is 0 Å². The van der Waals surface area contributed by atoms with Crippen molar-refractivity contribution in [2.24, 2.45) is 0 Å². The van der Waals surface area contributed by atoms with Crippen molar-refractivity contribution in [2.75, 3.05) is 0 Å². The van der Waals surface area contributed by atoms with Crippen molar-refractivity contribution in [1.29, 1.82) is 0 Å². The highest BCUT2D eigenvalue weighted by Crippen LogP contribution is 2.64. The molecule has 1 heterocycles. The normalized spacial score (nSPS) is 24.3. The minimum absolute atomic E-state index is 1.83. The first kappa shape index (κ1) is 15.8. The van der Waals surface area contributed by atoms with Gasteiger partial charge in [0.25, 0.3) is 0 Å². The Morgan fingerprint density at radius 2 is 0.833 bits per heavy atom. The van der Waals surface area contributed by atoms with Crippen LogP contribution in [0.2, 0.25) is 0 Å². The van der Waals surface area contributed by atoms with Gasteiger partial charge in [0, 0.05) is 0 Å². The lowest BCUT2D eigenvalue weighted by molar-refractivity contribution is -0.113. The fourth-order valence-corrected chi connectivity index (χ4v) is 2.74. The maximum absolute atomic E-state index is 12.6. The van der Waals surface area contributed by atoms with Gasteiger partial charge in [0.2, 0.25) is 0 Å². The summed E-state index contributed by atoms with van der Waals surface area (Å²) < 4.78 is 123. The molecule has 1 aliphatic heterocycles. The van der Waals surface area contributed by atoms with Gasteiger partial charge >= 0.3 is 22.9 Å².